The molecule has 1 aliphatic heterocycles. The molecule has 1 aliphatic rings. The zero-order chi connectivity index (χ0) is 14.2. The van der Waals surface area contributed by atoms with Crippen LogP contribution in [0.5, 0.6) is 0 Å². The SMILES string of the molecule is Nc1ccn([C@H]2C[C@H](O)[C@](CO)(C(Cl)Cl)O2)c(=O)n1. The Kier molecular flexibility index (Phi) is 4.03. The van der Waals surface area contributed by atoms with Gasteiger partial charge in [0, 0.05) is 12.6 Å². The lowest BCUT2D eigenvalue weighted by atomic mass is 10.00. The van der Waals surface area contributed by atoms with Crippen molar-refractivity contribution < 1.29 is 14.9 Å². The van der Waals surface area contributed by atoms with Gasteiger partial charge in [-0.15, -0.1) is 23.2 Å². The topological polar surface area (TPSA) is 111 Å². The van der Waals surface area contributed by atoms with Gasteiger partial charge in [-0.05, 0) is 6.07 Å². The van der Waals surface area contributed by atoms with Gasteiger partial charge in [-0.25, -0.2) is 4.79 Å². The molecule has 9 heteroatoms. The van der Waals surface area contributed by atoms with Crippen LogP contribution in [0.1, 0.15) is 12.6 Å². The summed E-state index contributed by atoms with van der Waals surface area (Å²) in [6.07, 6.45) is -0.468. The molecule has 0 radical (unpaired) electrons. The van der Waals surface area contributed by atoms with E-state index in [0.717, 1.165) is 4.57 Å². The van der Waals surface area contributed by atoms with Gasteiger partial charge in [-0.2, -0.15) is 4.98 Å². The van der Waals surface area contributed by atoms with Crippen molar-refractivity contribution >= 4 is 29.0 Å². The highest BCUT2D eigenvalue weighted by molar-refractivity contribution is 6.45. The van der Waals surface area contributed by atoms with Crippen molar-refractivity contribution in [1.82, 2.24) is 9.55 Å². The van der Waals surface area contributed by atoms with Crippen LogP contribution in [0.4, 0.5) is 5.82 Å². The smallest absolute Gasteiger partial charge is 0.351 e. The zero-order valence-electron chi connectivity index (χ0n) is 9.74. The highest BCUT2D eigenvalue weighted by atomic mass is 35.5. The Balaban J connectivity index is 2.33. The van der Waals surface area contributed by atoms with Crippen LogP contribution in [0.2, 0.25) is 0 Å². The van der Waals surface area contributed by atoms with E-state index in [9.17, 15) is 15.0 Å². The lowest BCUT2D eigenvalue weighted by Crippen LogP contribution is -2.49. The molecule has 2 heterocycles. The molecule has 1 aromatic rings. The Bertz CT molecular complexity index is 524. The van der Waals surface area contributed by atoms with E-state index in [4.69, 9.17) is 33.7 Å². The third-order valence-electron chi connectivity index (χ3n) is 3.12. The average Bonchev–Trinajstić information content (AvgIpc) is 2.67. The highest BCUT2D eigenvalue weighted by Crippen LogP contribution is 2.41. The largest absolute Gasteiger partial charge is 0.393 e. The molecule has 4 N–H and O–H groups in total. The molecule has 1 aromatic heterocycles. The first-order valence-electron chi connectivity index (χ1n) is 5.50. The molecule has 0 spiro atoms. The molecule has 0 saturated carbocycles. The summed E-state index contributed by atoms with van der Waals surface area (Å²) in [7, 11) is 0. The fourth-order valence-electron chi connectivity index (χ4n) is 1.99. The first-order valence-corrected chi connectivity index (χ1v) is 6.37. The van der Waals surface area contributed by atoms with Gasteiger partial charge >= 0.3 is 5.69 Å². The molecule has 106 valence electrons. The number of aliphatic hydroxyl groups is 2. The van der Waals surface area contributed by atoms with E-state index < -0.39 is 35.1 Å². The first kappa shape index (κ1) is 14.5. The second-order valence-corrected chi connectivity index (χ2v) is 5.38. The molecule has 1 saturated heterocycles. The molecule has 2 rings (SSSR count). The predicted octanol–water partition coefficient (Wildman–Crippen LogP) is -0.360. The van der Waals surface area contributed by atoms with Gasteiger partial charge in [-0.3, -0.25) is 4.57 Å². The Morgan fingerprint density at radius 1 is 1.68 bits per heavy atom. The fourth-order valence-corrected chi connectivity index (χ4v) is 2.53. The van der Waals surface area contributed by atoms with Crippen molar-refractivity contribution in [3.05, 3.63) is 22.7 Å². The van der Waals surface area contributed by atoms with Crippen molar-refractivity contribution in [3.63, 3.8) is 0 Å². The van der Waals surface area contributed by atoms with Crippen LogP contribution in [0, 0.1) is 0 Å². The summed E-state index contributed by atoms with van der Waals surface area (Å²) in [6, 6.07) is 1.43. The average molecular weight is 310 g/mol. The number of alkyl halides is 2. The van der Waals surface area contributed by atoms with Crippen molar-refractivity contribution in [3.8, 4) is 0 Å². The molecule has 0 bridgehead atoms. The van der Waals surface area contributed by atoms with Crippen molar-refractivity contribution in [2.24, 2.45) is 0 Å². The number of nitrogen functional groups attached to an aromatic ring is 1. The van der Waals surface area contributed by atoms with Crippen LogP contribution in [0.25, 0.3) is 0 Å². The van der Waals surface area contributed by atoms with Gasteiger partial charge in [0.1, 0.15) is 22.5 Å². The minimum atomic E-state index is -1.52. The molecule has 1 fully saturated rings. The Hall–Kier alpha value is -0.860. The van der Waals surface area contributed by atoms with Crippen molar-refractivity contribution in [2.45, 2.75) is 29.2 Å². The maximum Gasteiger partial charge on any atom is 0.351 e. The summed E-state index contributed by atoms with van der Waals surface area (Å²) in [6.45, 7) is -0.570. The third kappa shape index (κ3) is 2.44. The maximum atomic E-state index is 11.7. The quantitative estimate of drug-likeness (QED) is 0.658. The van der Waals surface area contributed by atoms with Gasteiger partial charge in [0.05, 0.1) is 12.7 Å². The lowest BCUT2D eigenvalue weighted by Gasteiger charge is -2.31. The number of halogens is 2. The number of rotatable bonds is 3. The summed E-state index contributed by atoms with van der Waals surface area (Å²) in [4.78, 5) is 14.1. The lowest BCUT2D eigenvalue weighted by molar-refractivity contribution is -0.120. The van der Waals surface area contributed by atoms with Crippen LogP contribution in [0.3, 0.4) is 0 Å². The summed E-state index contributed by atoms with van der Waals surface area (Å²) < 4.78 is 6.66. The van der Waals surface area contributed by atoms with E-state index in [1.54, 1.807) is 0 Å². The summed E-state index contributed by atoms with van der Waals surface area (Å²) in [5, 5.41) is 19.3. The van der Waals surface area contributed by atoms with Crippen molar-refractivity contribution in [2.75, 3.05) is 12.3 Å². The van der Waals surface area contributed by atoms with Crippen LogP contribution in [-0.2, 0) is 4.74 Å². The van der Waals surface area contributed by atoms with E-state index >= 15 is 0 Å². The molecule has 7 nitrogen and oxygen atoms in total. The zero-order valence-corrected chi connectivity index (χ0v) is 11.3. The van der Waals surface area contributed by atoms with Crippen LogP contribution < -0.4 is 11.4 Å². The fraction of sp³-hybridized carbons (Fsp3) is 0.600. The summed E-state index contributed by atoms with van der Waals surface area (Å²) in [5.74, 6) is 0.0841. The van der Waals surface area contributed by atoms with E-state index in [0.29, 0.717) is 0 Å². The molecule has 0 unspecified atom stereocenters. The minimum absolute atomic E-state index is 0.0575. The summed E-state index contributed by atoms with van der Waals surface area (Å²) in [5.41, 5.74) is 3.25. The second kappa shape index (κ2) is 5.26. The number of nitrogens with zero attached hydrogens (tertiary/aromatic N) is 2. The van der Waals surface area contributed by atoms with E-state index in [2.05, 4.69) is 4.98 Å². The van der Waals surface area contributed by atoms with Crippen LogP contribution >= 0.6 is 23.2 Å². The Morgan fingerprint density at radius 3 is 2.84 bits per heavy atom. The molecular formula is C10H13Cl2N3O4. The number of anilines is 1. The monoisotopic (exact) mass is 309 g/mol. The normalized spacial score (nSPS) is 31.0. The number of nitrogens with two attached hydrogens (primary N) is 1. The van der Waals surface area contributed by atoms with Crippen LogP contribution in [0.15, 0.2) is 17.1 Å². The molecule has 19 heavy (non-hydrogen) atoms. The number of aromatic nitrogens is 2. The van der Waals surface area contributed by atoms with Crippen molar-refractivity contribution in [1.29, 1.82) is 0 Å². The van der Waals surface area contributed by atoms with Gasteiger partial charge in [0.2, 0.25) is 0 Å². The first-order chi connectivity index (χ1) is 8.90. The number of hydrogen-bond donors (Lipinski definition) is 3. The van der Waals surface area contributed by atoms with Gasteiger partial charge in [0.15, 0.2) is 0 Å². The Labute approximate surface area is 118 Å². The van der Waals surface area contributed by atoms with Crippen LogP contribution in [-0.4, -0.2) is 42.9 Å². The van der Waals surface area contributed by atoms with E-state index in [1.807, 2.05) is 0 Å². The number of ether oxygens (including phenoxy) is 1. The highest BCUT2D eigenvalue weighted by Gasteiger charge is 2.53. The minimum Gasteiger partial charge on any atom is -0.393 e. The van der Waals surface area contributed by atoms with E-state index in [1.165, 1.54) is 12.3 Å². The molecule has 3 atom stereocenters. The second-order valence-electron chi connectivity index (χ2n) is 4.28. The molecule has 0 amide bonds. The molecule has 0 aromatic carbocycles. The predicted molar refractivity (Wildman–Crippen MR) is 69.0 cm³/mol. The van der Waals surface area contributed by atoms with Gasteiger partial charge < -0.3 is 20.7 Å². The number of aliphatic hydroxyl groups excluding tert-OH is 2. The summed E-state index contributed by atoms with van der Waals surface area (Å²) >= 11 is 11.5. The van der Waals surface area contributed by atoms with E-state index in [-0.39, 0.29) is 12.2 Å². The third-order valence-corrected chi connectivity index (χ3v) is 3.86. The van der Waals surface area contributed by atoms with Gasteiger partial charge in [0.25, 0.3) is 0 Å². The molecular weight excluding hydrogens is 297 g/mol. The standard InChI is InChI=1S/C10H13Cl2N3O4/c11-8(12)10(4-16)5(17)3-7(19-10)15-2-1-6(13)14-9(15)18/h1-2,5,7-8,16-17H,3-4H2,(H2,13,14,18)/t5-,7+,10+/m0/s1. The Morgan fingerprint density at radius 2 is 2.37 bits per heavy atom. The number of hydrogen-bond acceptors (Lipinski definition) is 6. The van der Waals surface area contributed by atoms with Gasteiger partial charge in [-0.1, -0.05) is 0 Å². The molecule has 0 aliphatic carbocycles. The maximum absolute atomic E-state index is 11.7.